The number of nitrogens with one attached hydrogen (secondary N) is 1. The van der Waals surface area contributed by atoms with Gasteiger partial charge in [0.05, 0.1) is 22.9 Å². The van der Waals surface area contributed by atoms with Gasteiger partial charge in [-0.15, -0.1) is 0 Å². The van der Waals surface area contributed by atoms with Crippen LogP contribution in [0.25, 0.3) is 16.5 Å². The largest absolute Gasteiger partial charge is 0.306 e. The van der Waals surface area contributed by atoms with Crippen LogP contribution in [0.5, 0.6) is 0 Å². The fourth-order valence-electron chi connectivity index (χ4n) is 4.02. The third-order valence-corrected chi connectivity index (χ3v) is 7.28. The molecule has 0 unspecified atom stereocenters. The van der Waals surface area contributed by atoms with Crippen molar-refractivity contribution in [2.24, 2.45) is 0 Å². The molecule has 0 radical (unpaired) electrons. The molecular weight excluding hydrogens is 410 g/mol. The quantitative estimate of drug-likeness (QED) is 0.524. The van der Waals surface area contributed by atoms with E-state index in [2.05, 4.69) is 10.4 Å². The molecule has 0 aliphatic carbocycles. The monoisotopic (exact) mass is 431 g/mol. The second kappa shape index (κ2) is 7.06. The van der Waals surface area contributed by atoms with Crippen molar-refractivity contribution in [1.29, 1.82) is 0 Å². The first-order chi connectivity index (χ1) is 14.8. The summed E-state index contributed by atoms with van der Waals surface area (Å²) in [7, 11) is -3.26. The third kappa shape index (κ3) is 3.41. The van der Waals surface area contributed by atoms with Crippen LogP contribution in [0.15, 0.2) is 60.7 Å². The summed E-state index contributed by atoms with van der Waals surface area (Å²) in [6, 6.07) is 19.2. The number of benzene rings is 3. The minimum Gasteiger partial charge on any atom is -0.306 e. The minimum absolute atomic E-state index is 0.112. The zero-order valence-electron chi connectivity index (χ0n) is 17.2. The highest BCUT2D eigenvalue weighted by Crippen LogP contribution is 2.34. The molecule has 0 atom stereocenters. The molecule has 156 valence electrons. The Bertz CT molecular complexity index is 1470. The van der Waals surface area contributed by atoms with Gasteiger partial charge in [0.15, 0.2) is 9.84 Å². The molecule has 7 heteroatoms. The fourth-order valence-corrected chi connectivity index (χ4v) is 5.51. The minimum atomic E-state index is -3.26. The van der Waals surface area contributed by atoms with Crippen molar-refractivity contribution in [1.82, 2.24) is 9.78 Å². The van der Waals surface area contributed by atoms with Crippen LogP contribution in [0.2, 0.25) is 0 Å². The van der Waals surface area contributed by atoms with E-state index in [1.165, 1.54) is 0 Å². The lowest BCUT2D eigenvalue weighted by Crippen LogP contribution is -2.17. The summed E-state index contributed by atoms with van der Waals surface area (Å²) in [4.78, 5) is 13.2. The Labute approximate surface area is 180 Å². The molecule has 6 nitrogen and oxygen atoms in total. The maximum atomic E-state index is 13.2. The second-order valence-electron chi connectivity index (χ2n) is 7.95. The van der Waals surface area contributed by atoms with Crippen molar-refractivity contribution < 1.29 is 13.2 Å². The summed E-state index contributed by atoms with van der Waals surface area (Å²) in [5, 5.41) is 9.54. The molecule has 0 saturated carbocycles. The lowest BCUT2D eigenvalue weighted by atomic mass is 10.1. The summed E-state index contributed by atoms with van der Waals surface area (Å²) in [6.07, 6.45) is 0. The summed E-state index contributed by atoms with van der Waals surface area (Å²) in [5.41, 5.74) is 4.49. The summed E-state index contributed by atoms with van der Waals surface area (Å²) >= 11 is 0. The van der Waals surface area contributed by atoms with E-state index in [0.717, 1.165) is 27.6 Å². The van der Waals surface area contributed by atoms with E-state index in [4.69, 9.17) is 0 Å². The number of aromatic nitrogens is 2. The lowest BCUT2D eigenvalue weighted by Gasteiger charge is -2.14. The Morgan fingerprint density at radius 2 is 1.74 bits per heavy atom. The van der Waals surface area contributed by atoms with E-state index < -0.39 is 9.84 Å². The predicted molar refractivity (Wildman–Crippen MR) is 121 cm³/mol. The van der Waals surface area contributed by atoms with Crippen molar-refractivity contribution in [3.63, 3.8) is 0 Å². The van der Waals surface area contributed by atoms with Crippen LogP contribution in [-0.4, -0.2) is 24.1 Å². The molecule has 1 aliphatic rings. The first kappa shape index (κ1) is 19.5. The Kier molecular flexibility index (Phi) is 4.44. The van der Waals surface area contributed by atoms with Crippen LogP contribution in [-0.2, 0) is 21.3 Å². The molecule has 1 N–H and O–H groups in total. The van der Waals surface area contributed by atoms with Crippen LogP contribution in [0.1, 0.15) is 32.7 Å². The summed E-state index contributed by atoms with van der Waals surface area (Å²) < 4.78 is 26.1. The molecule has 0 saturated heterocycles. The van der Waals surface area contributed by atoms with Gasteiger partial charge in [0.2, 0.25) is 0 Å². The van der Waals surface area contributed by atoms with Crippen LogP contribution in [0.3, 0.4) is 0 Å². The number of anilines is 1. The van der Waals surface area contributed by atoms with Gasteiger partial charge in [-0.2, -0.15) is 5.10 Å². The van der Waals surface area contributed by atoms with E-state index in [1.54, 1.807) is 10.7 Å². The second-order valence-corrected chi connectivity index (χ2v) is 10.0. The molecular formula is C24H21N3O3S. The van der Waals surface area contributed by atoms with Crippen LogP contribution < -0.4 is 5.32 Å². The van der Waals surface area contributed by atoms with E-state index in [0.29, 0.717) is 22.6 Å². The molecule has 4 aromatic rings. The molecule has 1 aromatic heterocycles. The van der Waals surface area contributed by atoms with Gasteiger partial charge in [0.1, 0.15) is 5.82 Å². The smallest absolute Gasteiger partial charge is 0.256 e. The lowest BCUT2D eigenvalue weighted by molar-refractivity contribution is 0.102. The number of nitrogens with zero attached hydrogens (tertiary/aromatic N) is 2. The van der Waals surface area contributed by atoms with Crippen molar-refractivity contribution in [3.8, 4) is 5.69 Å². The number of rotatable bonds is 3. The molecule has 0 spiro atoms. The van der Waals surface area contributed by atoms with Crippen LogP contribution in [0.4, 0.5) is 5.82 Å². The van der Waals surface area contributed by atoms with Gasteiger partial charge in [0, 0.05) is 11.1 Å². The van der Waals surface area contributed by atoms with Gasteiger partial charge in [-0.3, -0.25) is 4.79 Å². The van der Waals surface area contributed by atoms with Crippen molar-refractivity contribution in [3.05, 3.63) is 88.6 Å². The Balaban J connectivity index is 1.60. The Morgan fingerprint density at radius 3 is 2.55 bits per heavy atom. The maximum absolute atomic E-state index is 13.2. The highest BCUT2D eigenvalue weighted by Gasteiger charge is 2.33. The van der Waals surface area contributed by atoms with E-state index >= 15 is 0 Å². The average molecular weight is 432 g/mol. The predicted octanol–water partition coefficient (Wildman–Crippen LogP) is 4.32. The van der Waals surface area contributed by atoms with Crippen molar-refractivity contribution in [2.75, 3.05) is 5.32 Å². The first-order valence-electron chi connectivity index (χ1n) is 10.0. The zero-order chi connectivity index (χ0) is 21.8. The molecule has 5 rings (SSSR count). The Morgan fingerprint density at radius 1 is 0.968 bits per heavy atom. The van der Waals surface area contributed by atoms with Crippen molar-refractivity contribution in [2.45, 2.75) is 25.4 Å². The third-order valence-electron chi connectivity index (χ3n) is 5.84. The molecule has 31 heavy (non-hydrogen) atoms. The molecule has 2 heterocycles. The Hall–Kier alpha value is -3.45. The number of carbonyl (C=O) groups excluding carboxylic acids is 1. The normalized spacial score (nSPS) is 14.5. The van der Waals surface area contributed by atoms with Crippen LogP contribution in [0, 0.1) is 13.8 Å². The SMILES string of the molecule is Cc1cccc(-n2nc3c(c2NC(=O)c2ccc4ccccc4c2)CS(=O)(=O)C3)c1C. The van der Waals surface area contributed by atoms with Gasteiger partial charge < -0.3 is 5.32 Å². The maximum Gasteiger partial charge on any atom is 0.256 e. The van der Waals surface area contributed by atoms with Gasteiger partial charge in [-0.25, -0.2) is 13.1 Å². The fraction of sp³-hybridized carbons (Fsp3) is 0.167. The van der Waals surface area contributed by atoms with Gasteiger partial charge in [-0.05, 0) is 53.9 Å². The number of hydrogen-bond donors (Lipinski definition) is 1. The standard InChI is InChI=1S/C24H21N3O3S/c1-15-6-5-9-22(16(15)2)27-23(20-13-31(29,30)14-21(20)26-27)25-24(28)19-11-10-17-7-3-4-8-18(17)12-19/h3-12H,13-14H2,1-2H3,(H,25,28). The van der Waals surface area contributed by atoms with E-state index in [9.17, 15) is 13.2 Å². The van der Waals surface area contributed by atoms with Gasteiger partial charge >= 0.3 is 0 Å². The van der Waals surface area contributed by atoms with Crippen LogP contribution >= 0.6 is 0 Å². The highest BCUT2D eigenvalue weighted by atomic mass is 32.2. The number of fused-ring (bicyclic) bond motifs is 2. The molecule has 0 bridgehead atoms. The van der Waals surface area contributed by atoms with Gasteiger partial charge in [0.25, 0.3) is 5.91 Å². The molecule has 0 fully saturated rings. The van der Waals surface area contributed by atoms with Crippen molar-refractivity contribution >= 4 is 32.3 Å². The molecule has 1 aliphatic heterocycles. The number of carbonyl (C=O) groups is 1. The average Bonchev–Trinajstić information content (AvgIpc) is 3.22. The molecule has 1 amide bonds. The van der Waals surface area contributed by atoms with Gasteiger partial charge in [-0.1, -0.05) is 42.5 Å². The topological polar surface area (TPSA) is 81.1 Å². The van der Waals surface area contributed by atoms with E-state index in [-0.39, 0.29) is 17.4 Å². The summed E-state index contributed by atoms with van der Waals surface area (Å²) in [5.74, 6) is -0.119. The highest BCUT2D eigenvalue weighted by molar-refractivity contribution is 7.90. The molecule has 3 aromatic carbocycles. The number of amides is 1. The van der Waals surface area contributed by atoms with E-state index in [1.807, 2.05) is 68.4 Å². The summed E-state index contributed by atoms with van der Waals surface area (Å²) in [6.45, 7) is 4.00. The zero-order valence-corrected chi connectivity index (χ0v) is 18.0. The number of aryl methyl sites for hydroxylation is 1. The number of hydrogen-bond acceptors (Lipinski definition) is 4. The first-order valence-corrected chi connectivity index (χ1v) is 11.8. The number of sulfone groups is 1.